The molecule has 3 N–H and O–H groups in total. The van der Waals surface area contributed by atoms with Crippen LogP contribution in [0.3, 0.4) is 0 Å². The number of hydrogen-bond donors (Lipinski definition) is 2. The van der Waals surface area contributed by atoms with Crippen LogP contribution in [0.25, 0.3) is 10.9 Å². The molecule has 1 amide bonds. The number of nitrogens with zero attached hydrogens (tertiary/aromatic N) is 2. The molecule has 0 aliphatic heterocycles. The molecule has 4 rings (SSSR count). The Hall–Kier alpha value is -3.43. The quantitative estimate of drug-likeness (QED) is 0.252. The predicted molar refractivity (Wildman–Crippen MR) is 133 cm³/mol. The van der Waals surface area contributed by atoms with Gasteiger partial charge in [-0.3, -0.25) is 4.79 Å². The number of anilines is 2. The first-order valence-electron chi connectivity index (χ1n) is 10.1. The van der Waals surface area contributed by atoms with Crippen LogP contribution in [0.2, 0.25) is 5.02 Å². The third-order valence-corrected chi connectivity index (χ3v) is 6.82. The Morgan fingerprint density at radius 2 is 1.82 bits per heavy atom. The fraction of sp³-hybridized carbons (Fsp3) is 0.0909. The van der Waals surface area contributed by atoms with Crippen LogP contribution in [-0.4, -0.2) is 29.8 Å². The molecule has 0 atom stereocenters. The summed E-state index contributed by atoms with van der Waals surface area (Å²) >= 11 is 9.26. The number of nitrogens with two attached hydrogens (primary N) is 1. The summed E-state index contributed by atoms with van der Waals surface area (Å²) in [5, 5.41) is 5.82. The van der Waals surface area contributed by atoms with Gasteiger partial charge in [0.2, 0.25) is 0 Å². The summed E-state index contributed by atoms with van der Waals surface area (Å²) in [4.78, 5) is 12.9. The molecule has 200 valence electrons. The molecule has 1 heterocycles. The summed E-state index contributed by atoms with van der Waals surface area (Å²) in [6.07, 6.45) is -4.09. The zero-order valence-corrected chi connectivity index (χ0v) is 21.9. The van der Waals surface area contributed by atoms with Gasteiger partial charge in [-0.1, -0.05) is 11.6 Å². The summed E-state index contributed by atoms with van der Waals surface area (Å²) < 4.78 is 98.2. The second kappa shape index (κ2) is 9.71. The third-order valence-electron chi connectivity index (χ3n) is 5.01. The average molecular weight is 640 g/mol. The molecular weight excluding hydrogens is 627 g/mol. The summed E-state index contributed by atoms with van der Waals surface area (Å²) in [5.74, 6) is -4.31. The number of ether oxygens (including phenoxy) is 1. The maximum atomic E-state index is 13.9. The number of hydrogen-bond acceptors (Lipinski definition) is 6. The number of carbonyl (C=O) groups excluding carboxylic acids is 1. The molecule has 38 heavy (non-hydrogen) atoms. The number of amides is 1. The molecule has 0 unspecified atom stereocenters. The monoisotopic (exact) mass is 638 g/mol. The van der Waals surface area contributed by atoms with Crippen LogP contribution >= 0.6 is 27.5 Å². The number of rotatable bonds is 5. The second-order valence-corrected chi connectivity index (χ2v) is 10.9. The SMILES string of the molecule is CS(=O)(=O)n1nc(N)c2c(Oc3cc(F)ccc3Cl)c(NC(=O)c3cc(F)cc(C(F)(F)F)c3)cc(Br)c21. The summed E-state index contributed by atoms with van der Waals surface area (Å²) in [7, 11) is -4.02. The van der Waals surface area contributed by atoms with Crippen molar-refractivity contribution in [2.24, 2.45) is 0 Å². The highest BCUT2D eigenvalue weighted by molar-refractivity contribution is 9.10. The number of fused-ring (bicyclic) bond motifs is 1. The molecule has 8 nitrogen and oxygen atoms in total. The van der Waals surface area contributed by atoms with Crippen LogP contribution in [0, 0.1) is 11.6 Å². The zero-order chi connectivity index (χ0) is 28.2. The van der Waals surface area contributed by atoms with Crippen LogP contribution < -0.4 is 15.8 Å². The standard InChI is InChI=1S/C22H13BrClF5N4O4S/c1-38(35,36)33-18-13(23)8-15(31-21(34)9-4-10(22(27,28)29)6-12(26)5-9)19(17(18)20(30)32-33)37-16-7-11(25)2-3-14(16)24/h2-8H,1H3,(H2,30,32)(H,31,34). The van der Waals surface area contributed by atoms with E-state index in [9.17, 15) is 35.2 Å². The van der Waals surface area contributed by atoms with Crippen molar-refractivity contribution in [2.45, 2.75) is 6.18 Å². The molecule has 0 saturated heterocycles. The smallest absolute Gasteiger partial charge is 0.416 e. The maximum Gasteiger partial charge on any atom is 0.416 e. The van der Waals surface area contributed by atoms with Crippen molar-refractivity contribution in [1.82, 2.24) is 9.19 Å². The molecule has 0 aliphatic carbocycles. The molecule has 3 aromatic carbocycles. The number of halogens is 7. The van der Waals surface area contributed by atoms with Gasteiger partial charge in [0, 0.05) is 16.1 Å². The minimum Gasteiger partial charge on any atom is -0.453 e. The topological polar surface area (TPSA) is 116 Å². The predicted octanol–water partition coefficient (Wildman–Crippen LogP) is 6.18. The van der Waals surface area contributed by atoms with Gasteiger partial charge in [0.1, 0.15) is 22.9 Å². The molecule has 0 fully saturated rings. The Morgan fingerprint density at radius 3 is 2.45 bits per heavy atom. The highest BCUT2D eigenvalue weighted by atomic mass is 79.9. The number of carbonyl (C=O) groups is 1. The van der Waals surface area contributed by atoms with Crippen molar-refractivity contribution < 1.29 is 39.9 Å². The lowest BCUT2D eigenvalue weighted by molar-refractivity contribution is -0.137. The fourth-order valence-electron chi connectivity index (χ4n) is 3.43. The Bertz CT molecular complexity index is 1730. The average Bonchev–Trinajstić information content (AvgIpc) is 3.16. The highest BCUT2D eigenvalue weighted by Gasteiger charge is 2.32. The van der Waals surface area contributed by atoms with Gasteiger partial charge in [-0.05, 0) is 52.3 Å². The van der Waals surface area contributed by atoms with E-state index >= 15 is 0 Å². The summed E-state index contributed by atoms with van der Waals surface area (Å²) in [5.41, 5.74) is 3.48. The van der Waals surface area contributed by atoms with Gasteiger partial charge < -0.3 is 15.8 Å². The fourth-order valence-corrected chi connectivity index (χ4v) is 5.05. The first kappa shape index (κ1) is 27.6. The van der Waals surface area contributed by atoms with Crippen molar-refractivity contribution in [1.29, 1.82) is 0 Å². The maximum absolute atomic E-state index is 13.9. The van der Waals surface area contributed by atoms with Crippen molar-refractivity contribution in [3.63, 3.8) is 0 Å². The second-order valence-electron chi connectivity index (χ2n) is 7.81. The van der Waals surface area contributed by atoms with Gasteiger partial charge >= 0.3 is 6.18 Å². The molecule has 16 heteroatoms. The van der Waals surface area contributed by atoms with Gasteiger partial charge in [0.05, 0.1) is 27.9 Å². The molecule has 1 aromatic heterocycles. The molecule has 0 radical (unpaired) electrons. The number of alkyl halides is 3. The Morgan fingerprint density at radius 1 is 1.13 bits per heavy atom. The van der Waals surface area contributed by atoms with E-state index < -0.39 is 50.7 Å². The van der Waals surface area contributed by atoms with E-state index in [2.05, 4.69) is 26.3 Å². The number of benzene rings is 3. The normalized spacial score (nSPS) is 12.1. The largest absolute Gasteiger partial charge is 0.453 e. The summed E-state index contributed by atoms with van der Waals surface area (Å²) in [6.45, 7) is 0. The zero-order valence-electron chi connectivity index (χ0n) is 18.7. The van der Waals surface area contributed by atoms with Crippen LogP contribution in [0.5, 0.6) is 11.5 Å². The summed E-state index contributed by atoms with van der Waals surface area (Å²) in [6, 6.07) is 5.48. The molecule has 0 bridgehead atoms. The highest BCUT2D eigenvalue weighted by Crippen LogP contribution is 2.45. The molecule has 4 aromatic rings. The van der Waals surface area contributed by atoms with Crippen LogP contribution in [0.1, 0.15) is 15.9 Å². The van der Waals surface area contributed by atoms with Crippen molar-refractivity contribution >= 4 is 65.9 Å². The minimum atomic E-state index is -4.93. The van der Waals surface area contributed by atoms with Gasteiger partial charge in [-0.2, -0.15) is 17.3 Å². The van der Waals surface area contributed by atoms with E-state index in [1.807, 2.05) is 0 Å². The lowest BCUT2D eigenvalue weighted by atomic mass is 10.1. The van der Waals surface area contributed by atoms with E-state index in [1.54, 1.807) is 0 Å². The minimum absolute atomic E-state index is 0.0188. The Labute approximate surface area is 224 Å². The van der Waals surface area contributed by atoms with E-state index in [0.717, 1.165) is 30.5 Å². The van der Waals surface area contributed by atoms with Crippen molar-refractivity contribution in [2.75, 3.05) is 17.3 Å². The Kier molecular flexibility index (Phi) is 7.05. The Balaban J connectivity index is 1.93. The van der Waals surface area contributed by atoms with Crippen LogP contribution in [0.15, 0.2) is 46.9 Å². The van der Waals surface area contributed by atoms with E-state index in [4.69, 9.17) is 22.1 Å². The molecule has 0 aliphatic rings. The lowest BCUT2D eigenvalue weighted by Gasteiger charge is -2.16. The van der Waals surface area contributed by atoms with Crippen LogP contribution in [-0.2, 0) is 16.2 Å². The van der Waals surface area contributed by atoms with Crippen molar-refractivity contribution in [3.05, 3.63) is 74.7 Å². The van der Waals surface area contributed by atoms with Gasteiger partial charge in [-0.25, -0.2) is 17.2 Å². The van der Waals surface area contributed by atoms with Gasteiger partial charge in [0.25, 0.3) is 15.9 Å². The number of nitrogens with one attached hydrogen (secondary N) is 1. The van der Waals surface area contributed by atoms with E-state index in [0.29, 0.717) is 16.2 Å². The third kappa shape index (κ3) is 5.39. The van der Waals surface area contributed by atoms with Gasteiger partial charge in [-0.15, -0.1) is 5.10 Å². The van der Waals surface area contributed by atoms with E-state index in [-0.39, 0.29) is 43.7 Å². The van der Waals surface area contributed by atoms with Gasteiger partial charge in [0.15, 0.2) is 11.6 Å². The molecular formula is C22H13BrClF5N4O4S. The first-order chi connectivity index (χ1) is 17.6. The lowest BCUT2D eigenvalue weighted by Crippen LogP contribution is -2.15. The number of aromatic nitrogens is 2. The van der Waals surface area contributed by atoms with E-state index in [1.165, 1.54) is 0 Å². The van der Waals surface area contributed by atoms with Crippen molar-refractivity contribution in [3.8, 4) is 11.5 Å². The first-order valence-corrected chi connectivity index (χ1v) is 13.1. The molecule has 0 saturated carbocycles. The number of nitrogen functional groups attached to an aromatic ring is 1. The molecule has 0 spiro atoms. The van der Waals surface area contributed by atoms with Crippen LogP contribution in [0.4, 0.5) is 33.5 Å².